The lowest BCUT2D eigenvalue weighted by Gasteiger charge is -2.38. The number of methoxy groups -OCH3 is 2. The average Bonchev–Trinajstić information content (AvgIpc) is 3.08. The zero-order valence-corrected chi connectivity index (χ0v) is 17.3. The summed E-state index contributed by atoms with van der Waals surface area (Å²) in [5, 5.41) is 11.6. The van der Waals surface area contributed by atoms with E-state index in [1.807, 2.05) is 0 Å². The van der Waals surface area contributed by atoms with Gasteiger partial charge in [-0.2, -0.15) is 13.2 Å². The van der Waals surface area contributed by atoms with E-state index in [1.165, 1.54) is 20.4 Å². The lowest BCUT2D eigenvalue weighted by molar-refractivity contribution is -0.266. The molecule has 0 fully saturated rings. The molecule has 1 unspecified atom stereocenters. The van der Waals surface area contributed by atoms with E-state index >= 15 is 0 Å². The van der Waals surface area contributed by atoms with Crippen LogP contribution < -0.4 is 9.47 Å². The molecule has 0 amide bonds. The molecule has 0 spiro atoms. The van der Waals surface area contributed by atoms with Crippen molar-refractivity contribution in [2.45, 2.75) is 43.9 Å². The van der Waals surface area contributed by atoms with Crippen molar-refractivity contribution < 1.29 is 27.8 Å². The van der Waals surface area contributed by atoms with E-state index in [2.05, 4.69) is 9.97 Å². The smallest absolute Gasteiger partial charge is 0.417 e. The number of fused-ring (bicyclic) bond motifs is 1. The first-order valence-electron chi connectivity index (χ1n) is 9.42. The number of pyridine rings is 1. The quantitative estimate of drug-likeness (QED) is 0.575. The largest absolute Gasteiger partial charge is 0.497 e. The van der Waals surface area contributed by atoms with E-state index in [4.69, 9.17) is 9.47 Å². The van der Waals surface area contributed by atoms with Gasteiger partial charge in [-0.15, -0.1) is 0 Å². The minimum Gasteiger partial charge on any atom is -0.497 e. The minimum absolute atomic E-state index is 0.284. The molecular weight excluding hydrogens is 397 g/mol. The third-order valence-corrected chi connectivity index (χ3v) is 5.36. The second kappa shape index (κ2) is 7.83. The van der Waals surface area contributed by atoms with E-state index in [-0.39, 0.29) is 5.69 Å². The molecule has 0 saturated carbocycles. The van der Waals surface area contributed by atoms with Gasteiger partial charge in [0.2, 0.25) is 0 Å². The Kier molecular flexibility index (Phi) is 5.73. The molecule has 8 heteroatoms. The van der Waals surface area contributed by atoms with Crippen LogP contribution in [0.5, 0.6) is 11.5 Å². The molecule has 0 saturated heterocycles. The van der Waals surface area contributed by atoms with Crippen LogP contribution in [0.25, 0.3) is 10.9 Å². The van der Waals surface area contributed by atoms with Crippen LogP contribution in [-0.2, 0) is 11.8 Å². The number of hydrogen-bond acceptors (Lipinski definition) is 4. The monoisotopic (exact) mass is 422 g/mol. The van der Waals surface area contributed by atoms with Crippen LogP contribution >= 0.6 is 0 Å². The first-order valence-corrected chi connectivity index (χ1v) is 9.42. The zero-order valence-electron chi connectivity index (χ0n) is 17.3. The highest BCUT2D eigenvalue weighted by molar-refractivity contribution is 5.79. The van der Waals surface area contributed by atoms with Gasteiger partial charge in [-0.3, -0.25) is 4.98 Å². The average molecular weight is 422 g/mol. The first-order chi connectivity index (χ1) is 14.0. The van der Waals surface area contributed by atoms with Crippen LogP contribution in [0.2, 0.25) is 0 Å². The van der Waals surface area contributed by atoms with Gasteiger partial charge in [0.25, 0.3) is 0 Å². The van der Waals surface area contributed by atoms with E-state index in [9.17, 15) is 18.3 Å². The van der Waals surface area contributed by atoms with Crippen molar-refractivity contribution in [3.63, 3.8) is 0 Å². The number of aromatic amines is 1. The van der Waals surface area contributed by atoms with Crippen molar-refractivity contribution in [2.24, 2.45) is 0 Å². The molecule has 1 aromatic carbocycles. The number of benzene rings is 1. The maximum atomic E-state index is 14.1. The molecule has 2 N–H and O–H groups in total. The standard InChI is InChI=1S/C22H25F3N2O3/c1-20(2,17-10-16(29-3)5-6-19(17)30-4)13-21(28,22(23,24)25)11-15-9-14-7-8-26-12-18(14)27-15/h5-10,12,27-28H,11,13H2,1-4H3. The molecule has 2 heterocycles. The molecule has 2 aromatic heterocycles. The van der Waals surface area contributed by atoms with Crippen LogP contribution in [0.15, 0.2) is 42.7 Å². The Balaban J connectivity index is 1.99. The summed E-state index contributed by atoms with van der Waals surface area (Å²) >= 11 is 0. The Hall–Kier alpha value is -2.74. The number of H-pyrrole nitrogens is 1. The van der Waals surface area contributed by atoms with Crippen LogP contribution in [0.3, 0.4) is 0 Å². The summed E-state index contributed by atoms with van der Waals surface area (Å²) in [6.07, 6.45) is -2.92. The highest BCUT2D eigenvalue weighted by atomic mass is 19.4. The van der Waals surface area contributed by atoms with Gasteiger partial charge >= 0.3 is 6.18 Å². The fraction of sp³-hybridized carbons (Fsp3) is 0.409. The van der Waals surface area contributed by atoms with Gasteiger partial charge in [-0.1, -0.05) is 13.8 Å². The van der Waals surface area contributed by atoms with Gasteiger partial charge in [0, 0.05) is 29.3 Å². The summed E-state index contributed by atoms with van der Waals surface area (Å²) in [7, 11) is 2.94. The van der Waals surface area contributed by atoms with Crippen molar-refractivity contribution in [1.29, 1.82) is 0 Å². The summed E-state index contributed by atoms with van der Waals surface area (Å²) in [5.74, 6) is 0.930. The summed E-state index contributed by atoms with van der Waals surface area (Å²) in [6.45, 7) is 3.30. The number of nitrogens with one attached hydrogen (secondary N) is 1. The fourth-order valence-corrected chi connectivity index (χ4v) is 3.87. The van der Waals surface area contributed by atoms with Crippen LogP contribution in [0, 0.1) is 0 Å². The number of hydrogen-bond donors (Lipinski definition) is 2. The molecule has 3 aromatic rings. The highest BCUT2D eigenvalue weighted by Crippen LogP contribution is 2.45. The lowest BCUT2D eigenvalue weighted by atomic mass is 9.73. The number of nitrogens with zero attached hydrogens (tertiary/aromatic N) is 1. The van der Waals surface area contributed by atoms with Gasteiger partial charge in [0.1, 0.15) is 11.5 Å². The Morgan fingerprint density at radius 3 is 2.40 bits per heavy atom. The number of alkyl halides is 3. The predicted octanol–water partition coefficient (Wildman–Crippen LogP) is 4.78. The predicted molar refractivity (Wildman–Crippen MR) is 108 cm³/mol. The number of aromatic nitrogens is 2. The van der Waals surface area contributed by atoms with Crippen LogP contribution in [0.1, 0.15) is 31.5 Å². The molecule has 0 aliphatic heterocycles. The second-order valence-electron chi connectivity index (χ2n) is 8.09. The maximum absolute atomic E-state index is 14.1. The Labute approximate surface area is 172 Å². The third kappa shape index (κ3) is 4.23. The van der Waals surface area contributed by atoms with Gasteiger partial charge in [0.15, 0.2) is 5.60 Å². The van der Waals surface area contributed by atoms with Gasteiger partial charge in [0.05, 0.1) is 25.9 Å². The molecule has 30 heavy (non-hydrogen) atoms. The number of halogens is 3. The van der Waals surface area contributed by atoms with Crippen LogP contribution in [-0.4, -0.2) is 41.1 Å². The number of ether oxygens (including phenoxy) is 2. The molecule has 1 atom stereocenters. The molecular formula is C22H25F3N2O3. The number of rotatable bonds is 7. The Bertz CT molecular complexity index is 997. The first kappa shape index (κ1) is 22.0. The molecule has 162 valence electrons. The summed E-state index contributed by atoms with van der Waals surface area (Å²) in [6, 6.07) is 8.27. The van der Waals surface area contributed by atoms with Gasteiger partial charge in [-0.05, 0) is 42.2 Å². The topological polar surface area (TPSA) is 67.4 Å². The molecule has 0 bridgehead atoms. The van der Waals surface area contributed by atoms with Crippen LogP contribution in [0.4, 0.5) is 13.2 Å². The van der Waals surface area contributed by atoms with Gasteiger partial charge < -0.3 is 19.6 Å². The molecule has 5 nitrogen and oxygen atoms in total. The second-order valence-corrected chi connectivity index (χ2v) is 8.09. The Morgan fingerprint density at radius 1 is 1.07 bits per heavy atom. The van der Waals surface area contributed by atoms with Gasteiger partial charge in [-0.25, -0.2) is 0 Å². The molecule has 0 aliphatic rings. The Morgan fingerprint density at radius 2 is 1.80 bits per heavy atom. The van der Waals surface area contributed by atoms with Crippen molar-refractivity contribution >= 4 is 10.9 Å². The third-order valence-electron chi connectivity index (χ3n) is 5.36. The van der Waals surface area contributed by atoms with Crippen molar-refractivity contribution in [2.75, 3.05) is 14.2 Å². The number of aliphatic hydroxyl groups is 1. The molecule has 3 rings (SSSR count). The maximum Gasteiger partial charge on any atom is 0.417 e. The highest BCUT2D eigenvalue weighted by Gasteiger charge is 2.56. The van der Waals surface area contributed by atoms with E-state index in [1.54, 1.807) is 50.4 Å². The van der Waals surface area contributed by atoms with E-state index < -0.39 is 30.0 Å². The fourth-order valence-electron chi connectivity index (χ4n) is 3.87. The molecule has 0 radical (unpaired) electrons. The van der Waals surface area contributed by atoms with Crippen molar-refractivity contribution in [1.82, 2.24) is 9.97 Å². The lowest BCUT2D eigenvalue weighted by Crippen LogP contribution is -2.51. The van der Waals surface area contributed by atoms with E-state index in [0.29, 0.717) is 22.6 Å². The zero-order chi connectivity index (χ0) is 22.2. The summed E-state index contributed by atoms with van der Waals surface area (Å²) in [5.41, 5.74) is -2.61. The van der Waals surface area contributed by atoms with Crippen molar-refractivity contribution in [3.8, 4) is 11.5 Å². The SMILES string of the molecule is COc1ccc(OC)c(C(C)(C)CC(O)(Cc2cc3ccncc3[nH]2)C(F)(F)F)c1. The molecule has 0 aliphatic carbocycles. The minimum atomic E-state index is -4.84. The normalized spacial score (nSPS) is 14.5. The van der Waals surface area contributed by atoms with E-state index in [0.717, 1.165) is 5.39 Å². The summed E-state index contributed by atoms with van der Waals surface area (Å²) < 4.78 is 52.8. The summed E-state index contributed by atoms with van der Waals surface area (Å²) in [4.78, 5) is 6.89. The van der Waals surface area contributed by atoms with Crippen molar-refractivity contribution in [3.05, 3.63) is 54.0 Å².